The lowest BCUT2D eigenvalue weighted by atomic mass is 10.0. The van der Waals surface area contributed by atoms with Crippen molar-refractivity contribution < 1.29 is 14.0 Å². The molecular formula is C26H29N3O3. The Hall–Kier alpha value is -3.12. The number of para-hydroxylation sites is 1. The zero-order valence-corrected chi connectivity index (χ0v) is 18.5. The molecule has 0 N–H and O–H groups in total. The van der Waals surface area contributed by atoms with Crippen molar-refractivity contribution in [3.8, 4) is 0 Å². The maximum absolute atomic E-state index is 12.9. The molecule has 3 heterocycles. The van der Waals surface area contributed by atoms with Crippen molar-refractivity contribution in [1.82, 2.24) is 14.7 Å². The van der Waals surface area contributed by atoms with E-state index >= 15 is 0 Å². The summed E-state index contributed by atoms with van der Waals surface area (Å²) in [6.07, 6.45) is 1.91. The number of hydrogen-bond donors (Lipinski definition) is 0. The van der Waals surface area contributed by atoms with E-state index in [2.05, 4.69) is 17.0 Å². The molecule has 2 saturated heterocycles. The quantitative estimate of drug-likeness (QED) is 0.632. The summed E-state index contributed by atoms with van der Waals surface area (Å²) in [6, 6.07) is 18.0. The predicted molar refractivity (Wildman–Crippen MR) is 123 cm³/mol. The van der Waals surface area contributed by atoms with Crippen LogP contribution in [0.1, 0.15) is 34.5 Å². The van der Waals surface area contributed by atoms with Gasteiger partial charge in [-0.3, -0.25) is 14.5 Å². The van der Waals surface area contributed by atoms with Crippen molar-refractivity contribution in [2.45, 2.75) is 32.4 Å². The maximum Gasteiger partial charge on any atom is 0.254 e. The second-order valence-electron chi connectivity index (χ2n) is 8.89. The minimum Gasteiger partial charge on any atom is -0.460 e. The van der Waals surface area contributed by atoms with Crippen LogP contribution in [0.25, 0.3) is 11.0 Å². The van der Waals surface area contributed by atoms with Gasteiger partial charge in [-0.05, 0) is 43.5 Å². The van der Waals surface area contributed by atoms with E-state index in [-0.39, 0.29) is 24.4 Å². The first-order chi connectivity index (χ1) is 15.6. The van der Waals surface area contributed by atoms with Crippen molar-refractivity contribution in [2.24, 2.45) is 0 Å². The smallest absolute Gasteiger partial charge is 0.254 e. The summed E-state index contributed by atoms with van der Waals surface area (Å²) >= 11 is 0. The van der Waals surface area contributed by atoms with Gasteiger partial charge in [-0.1, -0.05) is 36.4 Å². The van der Waals surface area contributed by atoms with E-state index in [9.17, 15) is 9.59 Å². The van der Waals surface area contributed by atoms with Crippen LogP contribution >= 0.6 is 0 Å². The Labute approximate surface area is 188 Å². The molecule has 1 aromatic heterocycles. The number of hydrogen-bond acceptors (Lipinski definition) is 4. The Morgan fingerprint density at radius 1 is 1.00 bits per heavy atom. The minimum absolute atomic E-state index is 0.0447. The summed E-state index contributed by atoms with van der Waals surface area (Å²) in [4.78, 5) is 31.9. The van der Waals surface area contributed by atoms with Gasteiger partial charge in [-0.25, -0.2) is 0 Å². The van der Waals surface area contributed by atoms with E-state index in [1.807, 2.05) is 54.3 Å². The van der Waals surface area contributed by atoms with Gasteiger partial charge in [0, 0.05) is 43.2 Å². The van der Waals surface area contributed by atoms with Gasteiger partial charge in [0.15, 0.2) is 0 Å². The Balaban J connectivity index is 1.15. The highest BCUT2D eigenvalue weighted by Gasteiger charge is 2.34. The molecule has 2 aliphatic heterocycles. The standard InChI is InChI=1S/C26H29N3O3/c1-19-6-2-4-8-23(19)26(31)28-14-15-29(25(30)18-28)21-10-12-27(13-11-21)17-22-16-20-7-3-5-9-24(20)32-22/h2-9,16,21H,10-15,17-18H2,1H3. The summed E-state index contributed by atoms with van der Waals surface area (Å²) in [7, 11) is 0. The summed E-state index contributed by atoms with van der Waals surface area (Å²) < 4.78 is 5.97. The monoisotopic (exact) mass is 431 g/mol. The van der Waals surface area contributed by atoms with Crippen molar-refractivity contribution in [3.05, 3.63) is 71.5 Å². The fraction of sp³-hybridized carbons (Fsp3) is 0.385. The molecule has 6 nitrogen and oxygen atoms in total. The normalized spacial score (nSPS) is 18.5. The molecule has 0 saturated carbocycles. The van der Waals surface area contributed by atoms with E-state index < -0.39 is 0 Å². The van der Waals surface area contributed by atoms with Gasteiger partial charge in [0.1, 0.15) is 17.9 Å². The number of nitrogens with zero attached hydrogens (tertiary/aromatic N) is 3. The third kappa shape index (κ3) is 4.15. The molecule has 6 heteroatoms. The fourth-order valence-electron chi connectivity index (χ4n) is 4.95. The number of rotatable bonds is 4. The van der Waals surface area contributed by atoms with Gasteiger partial charge in [-0.2, -0.15) is 0 Å². The van der Waals surface area contributed by atoms with Crippen molar-refractivity contribution in [2.75, 3.05) is 32.7 Å². The third-order valence-corrected chi connectivity index (χ3v) is 6.77. The molecule has 2 aromatic carbocycles. The SMILES string of the molecule is Cc1ccccc1C(=O)N1CCN(C2CCN(Cc3cc4ccccc4o3)CC2)C(=O)C1. The lowest BCUT2D eigenvalue weighted by Gasteiger charge is -2.42. The lowest BCUT2D eigenvalue weighted by Crippen LogP contribution is -2.57. The van der Waals surface area contributed by atoms with E-state index in [0.717, 1.165) is 54.8 Å². The van der Waals surface area contributed by atoms with Crippen LogP contribution in [0.3, 0.4) is 0 Å². The van der Waals surface area contributed by atoms with Crippen molar-refractivity contribution >= 4 is 22.8 Å². The highest BCUT2D eigenvalue weighted by Crippen LogP contribution is 2.24. The van der Waals surface area contributed by atoms with E-state index in [1.165, 1.54) is 0 Å². The number of piperidine rings is 1. The Kier molecular flexibility index (Phi) is 5.70. The molecule has 2 amide bonds. The number of piperazine rings is 1. The number of carbonyl (C=O) groups is 2. The van der Waals surface area contributed by atoms with Gasteiger partial charge in [0.2, 0.25) is 5.91 Å². The summed E-state index contributed by atoms with van der Waals surface area (Å²) in [5.74, 6) is 1.01. The second-order valence-corrected chi connectivity index (χ2v) is 8.89. The Bertz CT molecular complexity index is 1100. The first-order valence-electron chi connectivity index (χ1n) is 11.4. The highest BCUT2D eigenvalue weighted by molar-refractivity contribution is 5.98. The average Bonchev–Trinajstić information content (AvgIpc) is 3.22. The first kappa shape index (κ1) is 20.8. The number of furan rings is 1. The molecule has 0 atom stereocenters. The third-order valence-electron chi connectivity index (χ3n) is 6.77. The van der Waals surface area contributed by atoms with Crippen LogP contribution in [-0.2, 0) is 11.3 Å². The summed E-state index contributed by atoms with van der Waals surface area (Å²) in [5.41, 5.74) is 2.57. The summed E-state index contributed by atoms with van der Waals surface area (Å²) in [5, 5.41) is 1.14. The van der Waals surface area contributed by atoms with Crippen molar-refractivity contribution in [1.29, 1.82) is 0 Å². The maximum atomic E-state index is 12.9. The van der Waals surface area contributed by atoms with E-state index in [0.29, 0.717) is 18.7 Å². The molecule has 0 unspecified atom stereocenters. The molecule has 3 aromatic rings. The predicted octanol–water partition coefficient (Wildman–Crippen LogP) is 3.69. The number of fused-ring (bicyclic) bond motifs is 1. The van der Waals surface area contributed by atoms with Crippen LogP contribution in [0.5, 0.6) is 0 Å². The minimum atomic E-state index is -0.0447. The topological polar surface area (TPSA) is 57.0 Å². The second kappa shape index (κ2) is 8.79. The van der Waals surface area contributed by atoms with Crippen LogP contribution in [0.4, 0.5) is 0 Å². The molecule has 2 fully saturated rings. The molecule has 32 heavy (non-hydrogen) atoms. The van der Waals surface area contributed by atoms with E-state index in [1.54, 1.807) is 4.90 Å². The molecule has 0 radical (unpaired) electrons. The molecule has 0 spiro atoms. The van der Waals surface area contributed by atoms with Crippen molar-refractivity contribution in [3.63, 3.8) is 0 Å². The fourth-order valence-corrected chi connectivity index (χ4v) is 4.95. The number of benzene rings is 2. The molecule has 0 aliphatic carbocycles. The van der Waals surface area contributed by atoms with Gasteiger partial charge in [0.05, 0.1) is 6.54 Å². The van der Waals surface area contributed by atoms with Gasteiger partial charge < -0.3 is 14.2 Å². The Morgan fingerprint density at radius 2 is 1.75 bits per heavy atom. The molecule has 166 valence electrons. The number of amides is 2. The van der Waals surface area contributed by atoms with Gasteiger partial charge >= 0.3 is 0 Å². The molecule has 5 rings (SSSR count). The van der Waals surface area contributed by atoms with Crippen LogP contribution in [0.15, 0.2) is 59.0 Å². The van der Waals surface area contributed by atoms with Crippen LogP contribution < -0.4 is 0 Å². The number of carbonyl (C=O) groups excluding carboxylic acids is 2. The number of likely N-dealkylation sites (tertiary alicyclic amines) is 1. The Morgan fingerprint density at radius 3 is 2.50 bits per heavy atom. The molecular weight excluding hydrogens is 402 g/mol. The van der Waals surface area contributed by atoms with Gasteiger partial charge in [0.25, 0.3) is 5.91 Å². The zero-order chi connectivity index (χ0) is 22.1. The molecule has 2 aliphatic rings. The van der Waals surface area contributed by atoms with Crippen LogP contribution in [0, 0.1) is 6.92 Å². The molecule has 0 bridgehead atoms. The largest absolute Gasteiger partial charge is 0.460 e. The number of aryl methyl sites for hydroxylation is 1. The van der Waals surface area contributed by atoms with E-state index in [4.69, 9.17) is 4.42 Å². The highest BCUT2D eigenvalue weighted by atomic mass is 16.3. The van der Waals surface area contributed by atoms with Crippen LogP contribution in [0.2, 0.25) is 0 Å². The van der Waals surface area contributed by atoms with Crippen LogP contribution in [-0.4, -0.2) is 65.3 Å². The van der Waals surface area contributed by atoms with Gasteiger partial charge in [-0.15, -0.1) is 0 Å². The average molecular weight is 432 g/mol. The zero-order valence-electron chi connectivity index (χ0n) is 18.5. The lowest BCUT2D eigenvalue weighted by molar-refractivity contribution is -0.138. The summed E-state index contributed by atoms with van der Waals surface area (Å²) in [6.45, 7) is 6.00. The first-order valence-corrected chi connectivity index (χ1v) is 11.4.